The van der Waals surface area contributed by atoms with Gasteiger partial charge in [-0.05, 0) is 47.2 Å². The van der Waals surface area contributed by atoms with Gasteiger partial charge in [0.2, 0.25) is 0 Å². The van der Waals surface area contributed by atoms with E-state index in [1.165, 1.54) is 0 Å². The largest absolute Gasteiger partial charge is 0.493 e. The molecule has 25 heavy (non-hydrogen) atoms. The third kappa shape index (κ3) is 3.31. The summed E-state index contributed by atoms with van der Waals surface area (Å²) in [6.07, 6.45) is 4.43. The average molecular weight is 339 g/mol. The van der Waals surface area contributed by atoms with E-state index in [1.807, 2.05) is 42.7 Å². The summed E-state index contributed by atoms with van der Waals surface area (Å²) in [4.78, 5) is 4.36. The minimum Gasteiger partial charge on any atom is -0.493 e. The van der Waals surface area contributed by atoms with Crippen LogP contribution in [0, 0.1) is 0 Å². The van der Waals surface area contributed by atoms with Crippen LogP contribution in [-0.4, -0.2) is 33.4 Å². The van der Waals surface area contributed by atoms with Crippen LogP contribution < -0.4 is 18.9 Å². The van der Waals surface area contributed by atoms with Gasteiger partial charge in [0.05, 0.1) is 28.4 Å². The number of benzene rings is 2. The molecular formula is C20H21NO4. The Hall–Kier alpha value is -2.95. The Kier molecular flexibility index (Phi) is 4.93. The standard InChI is InChI=1S/C20H21NO4/c1-22-17-6-5-13(8-18(17)23-2)7-14-11-21-12-15-9-19(24-3)20(25-4)10-16(14)15/h5-6,8-12H,7H2,1-4H3. The van der Waals surface area contributed by atoms with Gasteiger partial charge in [-0.25, -0.2) is 0 Å². The first-order valence-corrected chi connectivity index (χ1v) is 7.89. The van der Waals surface area contributed by atoms with Crippen molar-refractivity contribution in [2.24, 2.45) is 0 Å². The normalized spacial score (nSPS) is 10.6. The van der Waals surface area contributed by atoms with Crippen LogP contribution in [0.5, 0.6) is 23.0 Å². The van der Waals surface area contributed by atoms with Crippen molar-refractivity contribution in [3.63, 3.8) is 0 Å². The number of nitrogens with zero attached hydrogens (tertiary/aromatic N) is 1. The Morgan fingerprint density at radius 2 is 1.36 bits per heavy atom. The van der Waals surface area contributed by atoms with Crippen LogP contribution in [-0.2, 0) is 6.42 Å². The molecule has 0 aliphatic rings. The number of pyridine rings is 1. The minimum atomic E-state index is 0.695. The number of methoxy groups -OCH3 is 4. The highest BCUT2D eigenvalue weighted by Gasteiger charge is 2.11. The summed E-state index contributed by atoms with van der Waals surface area (Å²) >= 11 is 0. The van der Waals surface area contributed by atoms with Crippen molar-refractivity contribution >= 4 is 10.8 Å². The van der Waals surface area contributed by atoms with Gasteiger partial charge in [-0.15, -0.1) is 0 Å². The molecule has 0 atom stereocenters. The monoisotopic (exact) mass is 339 g/mol. The molecule has 1 aromatic heterocycles. The van der Waals surface area contributed by atoms with Crippen LogP contribution in [0.15, 0.2) is 42.7 Å². The molecule has 3 rings (SSSR count). The summed E-state index contributed by atoms with van der Waals surface area (Å²) in [5.41, 5.74) is 2.22. The van der Waals surface area contributed by atoms with E-state index in [9.17, 15) is 0 Å². The third-order valence-electron chi connectivity index (χ3n) is 4.19. The first-order chi connectivity index (χ1) is 12.2. The highest BCUT2D eigenvalue weighted by atomic mass is 16.5. The lowest BCUT2D eigenvalue weighted by molar-refractivity contribution is 0.354. The summed E-state index contributed by atoms with van der Waals surface area (Å²) < 4.78 is 21.5. The molecule has 3 aromatic rings. The predicted octanol–water partition coefficient (Wildman–Crippen LogP) is 3.86. The second-order valence-corrected chi connectivity index (χ2v) is 5.59. The number of fused-ring (bicyclic) bond motifs is 1. The Balaban J connectivity index is 2.04. The second kappa shape index (κ2) is 7.30. The van der Waals surface area contributed by atoms with Gasteiger partial charge in [-0.1, -0.05) is 6.07 Å². The molecule has 0 unspecified atom stereocenters. The number of hydrogen-bond donors (Lipinski definition) is 0. The summed E-state index contributed by atoms with van der Waals surface area (Å²) in [6, 6.07) is 9.86. The molecule has 0 aliphatic carbocycles. The van der Waals surface area contributed by atoms with Crippen molar-refractivity contribution in [1.82, 2.24) is 4.98 Å². The SMILES string of the molecule is COc1ccc(Cc2cncc3cc(OC)c(OC)cc23)cc1OC. The van der Waals surface area contributed by atoms with E-state index in [0.29, 0.717) is 23.0 Å². The van der Waals surface area contributed by atoms with Crippen molar-refractivity contribution in [1.29, 1.82) is 0 Å². The molecule has 5 nitrogen and oxygen atoms in total. The summed E-state index contributed by atoms with van der Waals surface area (Å²) in [6.45, 7) is 0. The predicted molar refractivity (Wildman–Crippen MR) is 97.2 cm³/mol. The van der Waals surface area contributed by atoms with Crippen LogP contribution in [0.4, 0.5) is 0 Å². The van der Waals surface area contributed by atoms with Crippen molar-refractivity contribution in [3.05, 3.63) is 53.9 Å². The van der Waals surface area contributed by atoms with Crippen LogP contribution >= 0.6 is 0 Å². The molecule has 5 heteroatoms. The Morgan fingerprint density at radius 3 is 2.04 bits per heavy atom. The molecule has 2 aromatic carbocycles. The van der Waals surface area contributed by atoms with Crippen molar-refractivity contribution in [2.75, 3.05) is 28.4 Å². The van der Waals surface area contributed by atoms with Crippen molar-refractivity contribution in [3.8, 4) is 23.0 Å². The molecule has 1 heterocycles. The van der Waals surface area contributed by atoms with E-state index >= 15 is 0 Å². The lowest BCUT2D eigenvalue weighted by atomic mass is 10.00. The van der Waals surface area contributed by atoms with Crippen LogP contribution in [0.25, 0.3) is 10.8 Å². The molecule has 0 N–H and O–H groups in total. The fourth-order valence-corrected chi connectivity index (χ4v) is 2.91. The zero-order valence-electron chi connectivity index (χ0n) is 14.8. The number of ether oxygens (including phenoxy) is 4. The second-order valence-electron chi connectivity index (χ2n) is 5.59. The van der Waals surface area contributed by atoms with Gasteiger partial charge < -0.3 is 18.9 Å². The third-order valence-corrected chi connectivity index (χ3v) is 4.19. The molecule has 130 valence electrons. The Bertz CT molecular complexity index is 892. The van der Waals surface area contributed by atoms with Gasteiger partial charge >= 0.3 is 0 Å². The zero-order chi connectivity index (χ0) is 17.8. The molecular weight excluding hydrogens is 318 g/mol. The topological polar surface area (TPSA) is 49.8 Å². The number of hydrogen-bond acceptors (Lipinski definition) is 5. The summed E-state index contributed by atoms with van der Waals surface area (Å²) in [7, 11) is 6.54. The summed E-state index contributed by atoms with van der Waals surface area (Å²) in [5.74, 6) is 2.83. The van der Waals surface area contributed by atoms with E-state index in [0.717, 1.165) is 28.3 Å². The van der Waals surface area contributed by atoms with Gasteiger partial charge in [0.1, 0.15) is 0 Å². The number of rotatable bonds is 6. The molecule has 0 spiro atoms. The van der Waals surface area contributed by atoms with Crippen LogP contribution in [0.2, 0.25) is 0 Å². The quantitative estimate of drug-likeness (QED) is 0.682. The summed E-state index contributed by atoms with van der Waals surface area (Å²) in [5, 5.41) is 2.10. The van der Waals surface area contributed by atoms with Crippen LogP contribution in [0.1, 0.15) is 11.1 Å². The highest BCUT2D eigenvalue weighted by Crippen LogP contribution is 2.34. The van der Waals surface area contributed by atoms with E-state index in [1.54, 1.807) is 28.4 Å². The molecule has 0 saturated carbocycles. The Morgan fingerprint density at radius 1 is 0.720 bits per heavy atom. The average Bonchev–Trinajstić information content (AvgIpc) is 2.66. The van der Waals surface area contributed by atoms with Gasteiger partial charge in [0.15, 0.2) is 23.0 Å². The molecule has 0 saturated heterocycles. The van der Waals surface area contributed by atoms with Gasteiger partial charge in [-0.3, -0.25) is 4.98 Å². The van der Waals surface area contributed by atoms with E-state index in [-0.39, 0.29) is 0 Å². The smallest absolute Gasteiger partial charge is 0.161 e. The first-order valence-electron chi connectivity index (χ1n) is 7.89. The molecule has 0 radical (unpaired) electrons. The maximum Gasteiger partial charge on any atom is 0.161 e. The van der Waals surface area contributed by atoms with E-state index in [2.05, 4.69) is 4.98 Å². The molecule has 0 aliphatic heterocycles. The van der Waals surface area contributed by atoms with Crippen LogP contribution in [0.3, 0.4) is 0 Å². The van der Waals surface area contributed by atoms with Gasteiger partial charge in [-0.2, -0.15) is 0 Å². The lowest BCUT2D eigenvalue weighted by Crippen LogP contribution is -1.96. The minimum absolute atomic E-state index is 0.695. The Labute approximate surface area is 147 Å². The van der Waals surface area contributed by atoms with Gasteiger partial charge in [0, 0.05) is 17.8 Å². The highest BCUT2D eigenvalue weighted by molar-refractivity contribution is 5.88. The lowest BCUT2D eigenvalue weighted by Gasteiger charge is -2.13. The first kappa shape index (κ1) is 16.9. The zero-order valence-corrected chi connectivity index (χ0v) is 14.8. The van der Waals surface area contributed by atoms with E-state index < -0.39 is 0 Å². The maximum atomic E-state index is 5.43. The number of aromatic nitrogens is 1. The maximum absolute atomic E-state index is 5.43. The van der Waals surface area contributed by atoms with Crippen molar-refractivity contribution in [2.45, 2.75) is 6.42 Å². The van der Waals surface area contributed by atoms with E-state index in [4.69, 9.17) is 18.9 Å². The fraction of sp³-hybridized carbons (Fsp3) is 0.250. The molecule has 0 bridgehead atoms. The molecule has 0 fully saturated rings. The van der Waals surface area contributed by atoms with Crippen molar-refractivity contribution < 1.29 is 18.9 Å². The van der Waals surface area contributed by atoms with Gasteiger partial charge in [0.25, 0.3) is 0 Å². The molecule has 0 amide bonds. The fourth-order valence-electron chi connectivity index (χ4n) is 2.91.